The van der Waals surface area contributed by atoms with Crippen LogP contribution in [0.5, 0.6) is 11.5 Å². The van der Waals surface area contributed by atoms with Gasteiger partial charge in [-0.1, -0.05) is 48.5 Å². The van der Waals surface area contributed by atoms with E-state index in [1.807, 2.05) is 61.5 Å². The molecular weight excluding hydrogens is 376 g/mol. The van der Waals surface area contributed by atoms with Crippen molar-refractivity contribution in [1.82, 2.24) is 0 Å². The highest BCUT2D eigenvalue weighted by Crippen LogP contribution is 2.19. The predicted octanol–water partition coefficient (Wildman–Crippen LogP) is 5.21. The van der Waals surface area contributed by atoms with E-state index in [0.717, 1.165) is 11.1 Å². The highest BCUT2D eigenvalue weighted by Gasteiger charge is 2.10. The second-order valence-corrected chi connectivity index (χ2v) is 6.43. The lowest BCUT2D eigenvalue weighted by atomic mass is 10.1. The van der Waals surface area contributed by atoms with Crippen LogP contribution in [0.15, 0.2) is 84.4 Å². The summed E-state index contributed by atoms with van der Waals surface area (Å²) in [5, 5.41) is 12.1. The third kappa shape index (κ3) is 5.98. The molecule has 3 aromatic rings. The summed E-state index contributed by atoms with van der Waals surface area (Å²) in [6.07, 6.45) is 1.54. The van der Waals surface area contributed by atoms with E-state index in [0.29, 0.717) is 30.4 Å². The molecule has 0 aliphatic heterocycles. The molecule has 0 radical (unpaired) electrons. The number of rotatable bonds is 8. The molecule has 0 saturated carbocycles. The smallest absolute Gasteiger partial charge is 0.266 e. The summed E-state index contributed by atoms with van der Waals surface area (Å²) in [4.78, 5) is 12.5. The topological polar surface area (TPSA) is 71.3 Å². The van der Waals surface area contributed by atoms with Crippen LogP contribution in [-0.2, 0) is 11.4 Å². The fourth-order valence-electron chi connectivity index (χ4n) is 2.75. The van der Waals surface area contributed by atoms with Gasteiger partial charge in [-0.25, -0.2) is 0 Å². The molecular formula is C25H22N2O3. The Morgan fingerprint density at radius 2 is 1.73 bits per heavy atom. The van der Waals surface area contributed by atoms with Crippen molar-refractivity contribution < 1.29 is 14.3 Å². The van der Waals surface area contributed by atoms with Crippen molar-refractivity contribution in [1.29, 1.82) is 5.26 Å². The molecule has 0 aliphatic carbocycles. The second kappa shape index (κ2) is 10.5. The molecule has 0 aromatic heterocycles. The third-order valence-electron chi connectivity index (χ3n) is 4.21. The van der Waals surface area contributed by atoms with Gasteiger partial charge in [-0.3, -0.25) is 4.79 Å². The van der Waals surface area contributed by atoms with Crippen LogP contribution in [0.3, 0.4) is 0 Å². The van der Waals surface area contributed by atoms with E-state index in [1.54, 1.807) is 36.4 Å². The first kappa shape index (κ1) is 20.7. The van der Waals surface area contributed by atoms with Crippen molar-refractivity contribution in [2.45, 2.75) is 13.5 Å². The van der Waals surface area contributed by atoms with Gasteiger partial charge in [0.25, 0.3) is 5.91 Å². The van der Waals surface area contributed by atoms with Crippen LogP contribution in [0.1, 0.15) is 18.1 Å². The van der Waals surface area contributed by atoms with Gasteiger partial charge in [0.1, 0.15) is 29.7 Å². The number of hydrogen-bond donors (Lipinski definition) is 1. The zero-order valence-electron chi connectivity index (χ0n) is 16.7. The molecule has 0 fully saturated rings. The van der Waals surface area contributed by atoms with Gasteiger partial charge in [0.15, 0.2) is 0 Å². The first-order valence-electron chi connectivity index (χ1n) is 9.60. The minimum absolute atomic E-state index is 0.00904. The van der Waals surface area contributed by atoms with Crippen LogP contribution >= 0.6 is 0 Å². The van der Waals surface area contributed by atoms with Gasteiger partial charge in [0.2, 0.25) is 0 Å². The number of amides is 1. The van der Waals surface area contributed by atoms with Crippen LogP contribution in [0.2, 0.25) is 0 Å². The van der Waals surface area contributed by atoms with Gasteiger partial charge in [-0.2, -0.15) is 5.26 Å². The van der Waals surface area contributed by atoms with Gasteiger partial charge in [0, 0.05) is 11.8 Å². The highest BCUT2D eigenvalue weighted by molar-refractivity contribution is 6.09. The zero-order chi connectivity index (χ0) is 21.2. The summed E-state index contributed by atoms with van der Waals surface area (Å²) >= 11 is 0. The summed E-state index contributed by atoms with van der Waals surface area (Å²) < 4.78 is 11.2. The first-order chi connectivity index (χ1) is 14.7. The molecule has 30 heavy (non-hydrogen) atoms. The van der Waals surface area contributed by atoms with Gasteiger partial charge in [-0.15, -0.1) is 0 Å². The van der Waals surface area contributed by atoms with Crippen LogP contribution in [-0.4, -0.2) is 12.5 Å². The number of anilines is 1. The molecule has 0 saturated heterocycles. The Morgan fingerprint density at radius 3 is 2.43 bits per heavy atom. The molecule has 3 rings (SSSR count). The van der Waals surface area contributed by atoms with Crippen molar-refractivity contribution in [3.63, 3.8) is 0 Å². The lowest BCUT2D eigenvalue weighted by Gasteiger charge is -2.08. The van der Waals surface area contributed by atoms with E-state index in [1.165, 1.54) is 0 Å². The Kier molecular flexibility index (Phi) is 7.23. The molecule has 1 N–H and O–H groups in total. The van der Waals surface area contributed by atoms with Crippen molar-refractivity contribution in [3.05, 3.63) is 95.6 Å². The van der Waals surface area contributed by atoms with Gasteiger partial charge < -0.3 is 14.8 Å². The van der Waals surface area contributed by atoms with Crippen LogP contribution < -0.4 is 14.8 Å². The third-order valence-corrected chi connectivity index (χ3v) is 4.21. The Labute approximate surface area is 176 Å². The molecule has 0 heterocycles. The first-order valence-corrected chi connectivity index (χ1v) is 9.60. The number of benzene rings is 3. The number of hydrogen-bond acceptors (Lipinski definition) is 4. The maximum Gasteiger partial charge on any atom is 0.266 e. The molecule has 5 heteroatoms. The predicted molar refractivity (Wildman–Crippen MR) is 117 cm³/mol. The SMILES string of the molecule is CCOc1cccc(NC(=O)/C(C#N)=C/c2ccc(OCc3ccccc3)cc2)c1. The van der Waals surface area contributed by atoms with Gasteiger partial charge >= 0.3 is 0 Å². The van der Waals surface area contributed by atoms with Crippen molar-refractivity contribution in [2.75, 3.05) is 11.9 Å². The molecule has 0 unspecified atom stereocenters. The van der Waals surface area contributed by atoms with E-state index < -0.39 is 5.91 Å². The maximum atomic E-state index is 12.5. The minimum atomic E-state index is -0.476. The second-order valence-electron chi connectivity index (χ2n) is 6.43. The molecule has 0 bridgehead atoms. The Balaban J connectivity index is 1.64. The summed E-state index contributed by atoms with van der Waals surface area (Å²) in [5.74, 6) is 0.895. The van der Waals surface area contributed by atoms with Crippen molar-refractivity contribution in [3.8, 4) is 17.6 Å². The van der Waals surface area contributed by atoms with Gasteiger partial charge in [-0.05, 0) is 48.4 Å². The highest BCUT2D eigenvalue weighted by atomic mass is 16.5. The largest absolute Gasteiger partial charge is 0.494 e. The number of nitrogens with zero attached hydrogens (tertiary/aromatic N) is 1. The normalized spacial score (nSPS) is 10.7. The molecule has 0 atom stereocenters. The Bertz CT molecular complexity index is 1050. The number of carbonyl (C=O) groups excluding carboxylic acids is 1. The molecule has 3 aromatic carbocycles. The Hall–Kier alpha value is -4.04. The summed E-state index contributed by atoms with van der Waals surface area (Å²) in [6, 6.07) is 26.1. The summed E-state index contributed by atoms with van der Waals surface area (Å²) in [6.45, 7) is 2.90. The fourth-order valence-corrected chi connectivity index (χ4v) is 2.75. The number of carbonyl (C=O) groups is 1. The van der Waals surface area contributed by atoms with Crippen LogP contribution in [0.4, 0.5) is 5.69 Å². The molecule has 0 spiro atoms. The number of nitriles is 1. The van der Waals surface area contributed by atoms with E-state index in [2.05, 4.69) is 5.32 Å². The van der Waals surface area contributed by atoms with Crippen LogP contribution in [0, 0.1) is 11.3 Å². The van der Waals surface area contributed by atoms with Crippen molar-refractivity contribution in [2.24, 2.45) is 0 Å². The average molecular weight is 398 g/mol. The zero-order valence-corrected chi connectivity index (χ0v) is 16.7. The summed E-state index contributed by atoms with van der Waals surface area (Å²) in [7, 11) is 0. The molecule has 1 amide bonds. The maximum absolute atomic E-state index is 12.5. The van der Waals surface area contributed by atoms with Crippen molar-refractivity contribution >= 4 is 17.7 Å². The average Bonchev–Trinajstić information content (AvgIpc) is 2.78. The lowest BCUT2D eigenvalue weighted by Crippen LogP contribution is -2.13. The molecule has 150 valence electrons. The quantitative estimate of drug-likeness (QED) is 0.418. The Morgan fingerprint density at radius 1 is 0.967 bits per heavy atom. The standard InChI is InChI=1S/C25H22N2O3/c1-2-29-24-10-6-9-22(16-24)27-25(28)21(17-26)15-19-11-13-23(14-12-19)30-18-20-7-4-3-5-8-20/h3-16H,2,18H2,1H3,(H,27,28)/b21-15+. The summed E-state index contributed by atoms with van der Waals surface area (Å²) in [5.41, 5.74) is 2.39. The molecule has 0 aliphatic rings. The van der Waals surface area contributed by atoms with E-state index in [4.69, 9.17) is 9.47 Å². The lowest BCUT2D eigenvalue weighted by molar-refractivity contribution is -0.112. The van der Waals surface area contributed by atoms with E-state index in [-0.39, 0.29) is 5.57 Å². The van der Waals surface area contributed by atoms with E-state index >= 15 is 0 Å². The number of ether oxygens (including phenoxy) is 2. The van der Waals surface area contributed by atoms with E-state index in [9.17, 15) is 10.1 Å². The fraction of sp³-hybridized carbons (Fsp3) is 0.120. The molecule has 5 nitrogen and oxygen atoms in total. The number of nitrogens with one attached hydrogen (secondary N) is 1. The monoisotopic (exact) mass is 398 g/mol. The van der Waals surface area contributed by atoms with Crippen LogP contribution in [0.25, 0.3) is 6.08 Å². The van der Waals surface area contributed by atoms with Gasteiger partial charge in [0.05, 0.1) is 6.61 Å². The minimum Gasteiger partial charge on any atom is -0.494 e.